The van der Waals surface area contributed by atoms with E-state index in [0.29, 0.717) is 0 Å². The van der Waals surface area contributed by atoms with Gasteiger partial charge in [0.2, 0.25) is 0 Å². The minimum Gasteiger partial charge on any atom is -0.390 e. The van der Waals surface area contributed by atoms with Gasteiger partial charge in [-0.3, -0.25) is 13.7 Å². The van der Waals surface area contributed by atoms with Crippen LogP contribution < -0.4 is 5.73 Å². The van der Waals surface area contributed by atoms with Gasteiger partial charge in [0.05, 0.1) is 12.4 Å². The predicted octanol–water partition coefficient (Wildman–Crippen LogP) is -1.90. The SMILES string of the molecule is Nc1ncnc2c1ncn2[C@H]1C[C@H](O)[C@@H](C(O)C(P(=O)(O)O)P(=O)(O)O)O1. The van der Waals surface area contributed by atoms with Gasteiger partial charge in [0.15, 0.2) is 16.9 Å². The van der Waals surface area contributed by atoms with Gasteiger partial charge in [-0.2, -0.15) is 0 Å². The molecular formula is C11H17N5O9P2. The zero-order valence-corrected chi connectivity index (χ0v) is 15.2. The second kappa shape index (κ2) is 6.85. The highest BCUT2D eigenvalue weighted by Crippen LogP contribution is 2.62. The van der Waals surface area contributed by atoms with E-state index in [-0.39, 0.29) is 23.4 Å². The number of ether oxygens (including phenoxy) is 1. The summed E-state index contributed by atoms with van der Waals surface area (Å²) in [6.07, 6.45) is -4.16. The largest absolute Gasteiger partial charge is 0.390 e. The number of aliphatic hydroxyl groups excluding tert-OH is 2. The fourth-order valence-electron chi connectivity index (χ4n) is 3.00. The maximum Gasteiger partial charge on any atom is 0.343 e. The molecule has 0 aliphatic carbocycles. The van der Waals surface area contributed by atoms with Crippen LogP contribution in [-0.4, -0.2) is 73.0 Å². The molecule has 1 aliphatic heterocycles. The molecule has 2 aromatic heterocycles. The number of rotatable bonds is 5. The number of aliphatic hydroxyl groups is 2. The van der Waals surface area contributed by atoms with Gasteiger partial charge in [-0.15, -0.1) is 0 Å². The van der Waals surface area contributed by atoms with Crippen molar-refractivity contribution in [3.8, 4) is 0 Å². The first-order valence-corrected chi connectivity index (χ1v) is 10.8. The van der Waals surface area contributed by atoms with Gasteiger partial charge in [-0.05, 0) is 0 Å². The summed E-state index contributed by atoms with van der Waals surface area (Å²) < 4.78 is 29.7. The van der Waals surface area contributed by atoms with Gasteiger partial charge in [0.1, 0.15) is 30.3 Å². The molecule has 0 amide bonds. The van der Waals surface area contributed by atoms with Crippen molar-refractivity contribution >= 4 is 32.2 Å². The summed E-state index contributed by atoms with van der Waals surface area (Å²) in [6.45, 7) is 0. The molecule has 1 fully saturated rings. The molecule has 3 rings (SSSR count). The van der Waals surface area contributed by atoms with Crippen LogP contribution in [0.1, 0.15) is 12.6 Å². The number of nitrogens with zero attached hydrogens (tertiary/aromatic N) is 4. The topological polar surface area (TPSA) is 234 Å². The van der Waals surface area contributed by atoms with Crippen molar-refractivity contribution in [2.24, 2.45) is 0 Å². The van der Waals surface area contributed by atoms with E-state index in [2.05, 4.69) is 15.0 Å². The summed E-state index contributed by atoms with van der Waals surface area (Å²) >= 11 is 0. The number of aromatic nitrogens is 4. The van der Waals surface area contributed by atoms with Crippen LogP contribution in [0.5, 0.6) is 0 Å². The van der Waals surface area contributed by atoms with E-state index in [1.54, 1.807) is 0 Å². The Bertz CT molecular complexity index is 919. The van der Waals surface area contributed by atoms with Crippen molar-refractivity contribution in [3.63, 3.8) is 0 Å². The standard InChI is InChI=1S/C11H17N5O9P2/c12-9-6-10(14-2-13-9)16(3-15-6)5-1-4(17)8(25-5)7(18)11(26(19,20)21)27(22,23)24/h2-5,7-8,11,17-18H,1H2,(H2,12,13,14)(H2,19,20,21)(H2,22,23,24)/t4-,5+,7?,8-/m0/s1. The van der Waals surface area contributed by atoms with E-state index in [1.807, 2.05) is 0 Å². The molecule has 27 heavy (non-hydrogen) atoms. The van der Waals surface area contributed by atoms with E-state index in [4.69, 9.17) is 10.5 Å². The molecule has 1 saturated heterocycles. The predicted molar refractivity (Wildman–Crippen MR) is 88.2 cm³/mol. The van der Waals surface area contributed by atoms with Crippen LogP contribution in [-0.2, 0) is 13.9 Å². The van der Waals surface area contributed by atoms with Gasteiger partial charge >= 0.3 is 15.2 Å². The molecule has 14 nitrogen and oxygen atoms in total. The Kier molecular flexibility index (Phi) is 5.14. The third-order valence-electron chi connectivity index (χ3n) is 4.17. The molecular weight excluding hydrogens is 408 g/mol. The van der Waals surface area contributed by atoms with Gasteiger partial charge < -0.3 is 40.3 Å². The van der Waals surface area contributed by atoms with Crippen LogP contribution in [0.15, 0.2) is 12.7 Å². The number of anilines is 1. The summed E-state index contributed by atoms with van der Waals surface area (Å²) in [6, 6.07) is 0. The molecule has 0 bridgehead atoms. The molecule has 0 aromatic carbocycles. The van der Waals surface area contributed by atoms with Gasteiger partial charge in [-0.1, -0.05) is 0 Å². The molecule has 4 atom stereocenters. The summed E-state index contributed by atoms with van der Waals surface area (Å²) in [5.74, 6) is 0.0944. The fraction of sp³-hybridized carbons (Fsp3) is 0.545. The molecule has 16 heteroatoms. The summed E-state index contributed by atoms with van der Waals surface area (Å²) in [5, 5.41) is 17.6. The summed E-state index contributed by atoms with van der Waals surface area (Å²) in [7, 11) is -10.8. The summed E-state index contributed by atoms with van der Waals surface area (Å²) in [4.78, 5) is 48.7. The third kappa shape index (κ3) is 3.76. The first-order chi connectivity index (χ1) is 12.4. The lowest BCUT2D eigenvalue weighted by Gasteiger charge is -2.29. The summed E-state index contributed by atoms with van der Waals surface area (Å²) in [5.41, 5.74) is 6.18. The maximum atomic E-state index is 11.5. The Hall–Kier alpha value is -1.47. The zero-order chi connectivity index (χ0) is 20.1. The van der Waals surface area contributed by atoms with Gasteiger partial charge in [-0.25, -0.2) is 15.0 Å². The number of imidazole rings is 1. The second-order valence-corrected chi connectivity index (χ2v) is 9.90. The number of nitrogens with two attached hydrogens (primary N) is 1. The van der Waals surface area contributed by atoms with Crippen molar-refractivity contribution < 1.29 is 43.7 Å². The monoisotopic (exact) mass is 425 g/mol. The van der Waals surface area contributed by atoms with Crippen LogP contribution >= 0.6 is 15.2 Å². The Morgan fingerprint density at radius 3 is 2.41 bits per heavy atom. The van der Waals surface area contributed by atoms with Crippen LogP contribution in [0.25, 0.3) is 11.2 Å². The number of nitrogen functional groups attached to an aromatic ring is 1. The van der Waals surface area contributed by atoms with E-state index in [1.165, 1.54) is 17.2 Å². The Morgan fingerprint density at radius 2 is 1.81 bits per heavy atom. The second-order valence-electron chi connectivity index (χ2n) is 6.02. The van der Waals surface area contributed by atoms with Crippen LogP contribution in [0.2, 0.25) is 0 Å². The van der Waals surface area contributed by atoms with Crippen molar-refractivity contribution in [1.29, 1.82) is 0 Å². The number of hydrogen-bond donors (Lipinski definition) is 7. The lowest BCUT2D eigenvalue weighted by molar-refractivity contribution is -0.0792. The van der Waals surface area contributed by atoms with Crippen molar-refractivity contribution in [3.05, 3.63) is 12.7 Å². The quantitative estimate of drug-likeness (QED) is 0.260. The molecule has 1 unspecified atom stereocenters. The highest BCUT2D eigenvalue weighted by atomic mass is 31.2. The molecule has 8 N–H and O–H groups in total. The molecule has 2 aromatic rings. The highest BCUT2D eigenvalue weighted by Gasteiger charge is 2.54. The molecule has 1 aliphatic rings. The van der Waals surface area contributed by atoms with Crippen LogP contribution in [0.3, 0.4) is 0 Å². The van der Waals surface area contributed by atoms with Crippen molar-refractivity contribution in [2.75, 3.05) is 5.73 Å². The highest BCUT2D eigenvalue weighted by molar-refractivity contribution is 7.71. The van der Waals surface area contributed by atoms with E-state index >= 15 is 0 Å². The molecule has 0 radical (unpaired) electrons. The van der Waals surface area contributed by atoms with E-state index in [9.17, 15) is 38.9 Å². The van der Waals surface area contributed by atoms with E-state index < -0.39 is 45.1 Å². The van der Waals surface area contributed by atoms with Crippen LogP contribution in [0.4, 0.5) is 5.82 Å². The molecule has 0 spiro atoms. The first-order valence-electron chi connectivity index (χ1n) is 7.46. The maximum absolute atomic E-state index is 11.5. The average Bonchev–Trinajstić information content (AvgIpc) is 3.08. The van der Waals surface area contributed by atoms with E-state index in [0.717, 1.165) is 0 Å². The minimum absolute atomic E-state index is 0.0944. The van der Waals surface area contributed by atoms with Crippen molar-refractivity contribution in [2.45, 2.75) is 36.4 Å². The fourth-order valence-corrected chi connectivity index (χ4v) is 5.70. The normalized spacial score (nSPS) is 25.4. The van der Waals surface area contributed by atoms with Crippen molar-refractivity contribution in [1.82, 2.24) is 19.5 Å². The van der Waals surface area contributed by atoms with Crippen LogP contribution in [0, 0.1) is 0 Å². The van der Waals surface area contributed by atoms with Gasteiger partial charge in [0, 0.05) is 6.42 Å². The third-order valence-corrected chi connectivity index (χ3v) is 7.96. The smallest absolute Gasteiger partial charge is 0.343 e. The Morgan fingerprint density at radius 1 is 1.19 bits per heavy atom. The number of hydrogen-bond acceptors (Lipinski definition) is 9. The first kappa shape index (κ1) is 20.3. The minimum atomic E-state index is -5.42. The lowest BCUT2D eigenvalue weighted by Crippen LogP contribution is -2.42. The zero-order valence-electron chi connectivity index (χ0n) is 13.4. The average molecular weight is 425 g/mol. The lowest BCUT2D eigenvalue weighted by atomic mass is 10.1. The Labute approximate surface area is 151 Å². The Balaban J connectivity index is 1.90. The molecule has 3 heterocycles. The molecule has 150 valence electrons. The number of fused-ring (bicyclic) bond motifs is 1. The van der Waals surface area contributed by atoms with Gasteiger partial charge in [0.25, 0.3) is 0 Å². The molecule has 0 saturated carbocycles.